The molecule has 0 radical (unpaired) electrons. The normalized spacial score (nSPS) is 11.5. The quantitative estimate of drug-likeness (QED) is 0.672. The van der Waals surface area contributed by atoms with Crippen LogP contribution in [0.2, 0.25) is 5.02 Å². The molecular formula is C20H25ClN2O4S. The summed E-state index contributed by atoms with van der Waals surface area (Å²) in [5.41, 5.74) is 2.66. The molecule has 28 heavy (non-hydrogen) atoms. The second-order valence-corrected chi connectivity index (χ2v) is 9.12. The Morgan fingerprint density at radius 3 is 2.36 bits per heavy atom. The number of carbonyl (C=O) groups is 1. The van der Waals surface area contributed by atoms with Gasteiger partial charge in [0, 0.05) is 12.2 Å². The average molecular weight is 425 g/mol. The predicted octanol–water partition coefficient (Wildman–Crippen LogP) is 3.91. The lowest BCUT2D eigenvalue weighted by atomic mass is 10.1. The van der Waals surface area contributed by atoms with Crippen molar-refractivity contribution in [1.82, 2.24) is 4.72 Å². The van der Waals surface area contributed by atoms with E-state index in [4.69, 9.17) is 16.3 Å². The van der Waals surface area contributed by atoms with Crippen molar-refractivity contribution in [3.8, 4) is 5.75 Å². The van der Waals surface area contributed by atoms with Crippen molar-refractivity contribution in [2.45, 2.75) is 32.6 Å². The molecule has 0 aliphatic heterocycles. The van der Waals surface area contributed by atoms with Gasteiger partial charge in [0.15, 0.2) is 6.61 Å². The van der Waals surface area contributed by atoms with Gasteiger partial charge in [-0.1, -0.05) is 43.6 Å². The third-order valence-electron chi connectivity index (χ3n) is 4.00. The summed E-state index contributed by atoms with van der Waals surface area (Å²) in [4.78, 5) is 12.2. The number of ether oxygens (including phenoxy) is 1. The summed E-state index contributed by atoms with van der Waals surface area (Å²) in [7, 11) is -3.65. The van der Waals surface area contributed by atoms with Gasteiger partial charge in [0.05, 0.1) is 9.92 Å². The lowest BCUT2D eigenvalue weighted by Crippen LogP contribution is -2.27. The number of sulfonamides is 1. The van der Waals surface area contributed by atoms with Gasteiger partial charge in [-0.2, -0.15) is 0 Å². The maximum absolute atomic E-state index is 12.3. The van der Waals surface area contributed by atoms with E-state index in [1.807, 2.05) is 45.9 Å². The number of hydrogen-bond donors (Lipinski definition) is 2. The molecule has 0 atom stereocenters. The first-order valence-electron chi connectivity index (χ1n) is 8.88. The van der Waals surface area contributed by atoms with Gasteiger partial charge in [0.25, 0.3) is 5.91 Å². The number of aryl methyl sites for hydroxylation is 2. The summed E-state index contributed by atoms with van der Waals surface area (Å²) in [5, 5.41) is 2.94. The fraction of sp³-hybridized carbons (Fsp3) is 0.350. The van der Waals surface area contributed by atoms with Crippen molar-refractivity contribution < 1.29 is 17.9 Å². The lowest BCUT2D eigenvalue weighted by molar-refractivity contribution is -0.118. The van der Waals surface area contributed by atoms with Gasteiger partial charge >= 0.3 is 0 Å². The van der Waals surface area contributed by atoms with Gasteiger partial charge in [-0.15, -0.1) is 0 Å². The second-order valence-electron chi connectivity index (χ2n) is 6.94. The van der Waals surface area contributed by atoms with E-state index in [1.165, 1.54) is 18.2 Å². The Kier molecular flexibility index (Phi) is 7.46. The van der Waals surface area contributed by atoms with E-state index in [2.05, 4.69) is 10.0 Å². The van der Waals surface area contributed by atoms with E-state index in [0.29, 0.717) is 6.54 Å². The first-order valence-corrected chi connectivity index (χ1v) is 10.7. The van der Waals surface area contributed by atoms with Crippen LogP contribution in [0.25, 0.3) is 0 Å². The van der Waals surface area contributed by atoms with Crippen LogP contribution < -0.4 is 14.8 Å². The third kappa shape index (κ3) is 5.95. The molecule has 0 saturated carbocycles. The monoisotopic (exact) mass is 424 g/mol. The molecule has 2 aromatic carbocycles. The topological polar surface area (TPSA) is 84.5 Å². The fourth-order valence-electron chi connectivity index (χ4n) is 2.46. The Balaban J connectivity index is 2.02. The molecule has 2 rings (SSSR count). The zero-order valence-corrected chi connectivity index (χ0v) is 17.9. The van der Waals surface area contributed by atoms with Crippen LogP contribution in [-0.2, 0) is 14.8 Å². The maximum Gasteiger partial charge on any atom is 0.262 e. The summed E-state index contributed by atoms with van der Waals surface area (Å²) in [6.07, 6.45) is 0. The van der Waals surface area contributed by atoms with Crippen molar-refractivity contribution in [1.29, 1.82) is 0 Å². The van der Waals surface area contributed by atoms with Gasteiger partial charge in [-0.05, 0) is 49.1 Å². The highest BCUT2D eigenvalue weighted by Gasteiger charge is 2.17. The van der Waals surface area contributed by atoms with Crippen molar-refractivity contribution in [3.63, 3.8) is 0 Å². The SMILES string of the molecule is Cc1cccc(C)c1NC(=O)COc1ccc(S(=O)(=O)NCC(C)C)cc1Cl. The zero-order chi connectivity index (χ0) is 20.9. The number of halogens is 1. The minimum atomic E-state index is -3.65. The number of carbonyl (C=O) groups excluding carboxylic acids is 1. The summed E-state index contributed by atoms with van der Waals surface area (Å²) in [5.74, 6) is 0.0909. The van der Waals surface area contributed by atoms with Crippen molar-refractivity contribution in [3.05, 3.63) is 52.5 Å². The fourth-order valence-corrected chi connectivity index (χ4v) is 4.00. The first kappa shape index (κ1) is 22.2. The third-order valence-corrected chi connectivity index (χ3v) is 5.72. The van der Waals surface area contributed by atoms with E-state index in [0.717, 1.165) is 16.8 Å². The minimum absolute atomic E-state index is 0.0467. The molecule has 0 unspecified atom stereocenters. The highest BCUT2D eigenvalue weighted by Crippen LogP contribution is 2.27. The van der Waals surface area contributed by atoms with Crippen LogP contribution in [0.5, 0.6) is 5.75 Å². The Labute approximate surface area is 171 Å². The predicted molar refractivity (Wildman–Crippen MR) is 112 cm³/mol. The summed E-state index contributed by atoms with van der Waals surface area (Å²) in [6.45, 7) is 7.73. The van der Waals surface area contributed by atoms with Gasteiger partial charge in [-0.3, -0.25) is 4.79 Å². The van der Waals surface area contributed by atoms with Crippen LogP contribution in [0, 0.1) is 19.8 Å². The summed E-state index contributed by atoms with van der Waals surface area (Å²) >= 11 is 6.14. The van der Waals surface area contributed by atoms with Gasteiger partial charge in [-0.25, -0.2) is 13.1 Å². The number of para-hydroxylation sites is 1. The van der Waals surface area contributed by atoms with Crippen molar-refractivity contribution >= 4 is 33.2 Å². The number of anilines is 1. The van der Waals surface area contributed by atoms with Crippen LogP contribution in [-0.4, -0.2) is 27.5 Å². The van der Waals surface area contributed by atoms with Gasteiger partial charge < -0.3 is 10.1 Å². The Morgan fingerprint density at radius 1 is 1.14 bits per heavy atom. The number of rotatable bonds is 8. The number of amides is 1. The summed E-state index contributed by atoms with van der Waals surface area (Å²) in [6, 6.07) is 9.89. The smallest absolute Gasteiger partial charge is 0.262 e. The molecule has 0 fully saturated rings. The molecule has 0 bridgehead atoms. The van der Waals surface area contributed by atoms with E-state index in [1.54, 1.807) is 0 Å². The molecule has 6 nitrogen and oxygen atoms in total. The second kappa shape index (κ2) is 9.41. The van der Waals surface area contributed by atoms with E-state index >= 15 is 0 Å². The number of nitrogens with one attached hydrogen (secondary N) is 2. The molecule has 152 valence electrons. The molecule has 0 aliphatic carbocycles. The molecule has 0 aromatic heterocycles. The number of hydrogen-bond acceptors (Lipinski definition) is 4. The van der Waals surface area contributed by atoms with Crippen LogP contribution in [0.3, 0.4) is 0 Å². The van der Waals surface area contributed by atoms with Crippen LogP contribution in [0.15, 0.2) is 41.3 Å². The maximum atomic E-state index is 12.3. The minimum Gasteiger partial charge on any atom is -0.482 e. The summed E-state index contributed by atoms with van der Waals surface area (Å²) < 4.78 is 32.5. The van der Waals surface area contributed by atoms with Crippen LogP contribution in [0.4, 0.5) is 5.69 Å². The first-order chi connectivity index (χ1) is 13.1. The molecule has 1 amide bonds. The molecule has 0 aliphatic rings. The van der Waals surface area contributed by atoms with Gasteiger partial charge in [0.1, 0.15) is 5.75 Å². The average Bonchev–Trinajstić information content (AvgIpc) is 2.62. The molecular weight excluding hydrogens is 400 g/mol. The highest BCUT2D eigenvalue weighted by molar-refractivity contribution is 7.89. The molecule has 2 N–H and O–H groups in total. The Hall–Kier alpha value is -2.09. The molecule has 0 heterocycles. The largest absolute Gasteiger partial charge is 0.482 e. The van der Waals surface area contributed by atoms with Crippen molar-refractivity contribution in [2.24, 2.45) is 5.92 Å². The van der Waals surface area contributed by atoms with E-state index < -0.39 is 10.0 Å². The Morgan fingerprint density at radius 2 is 1.79 bits per heavy atom. The molecule has 0 spiro atoms. The Bertz CT molecular complexity index is 938. The van der Waals surface area contributed by atoms with Crippen molar-refractivity contribution in [2.75, 3.05) is 18.5 Å². The highest BCUT2D eigenvalue weighted by atomic mass is 35.5. The van der Waals surface area contributed by atoms with Crippen LogP contribution in [0.1, 0.15) is 25.0 Å². The van der Waals surface area contributed by atoms with E-state index in [-0.39, 0.29) is 34.1 Å². The van der Waals surface area contributed by atoms with Gasteiger partial charge in [0.2, 0.25) is 10.0 Å². The standard InChI is InChI=1S/C20H25ClN2O4S/c1-13(2)11-22-28(25,26)16-8-9-18(17(21)10-16)27-12-19(24)23-20-14(3)6-5-7-15(20)4/h5-10,13,22H,11-12H2,1-4H3,(H,23,24). The zero-order valence-electron chi connectivity index (χ0n) is 16.4. The number of benzene rings is 2. The van der Waals surface area contributed by atoms with E-state index in [9.17, 15) is 13.2 Å². The lowest BCUT2D eigenvalue weighted by Gasteiger charge is -2.13. The van der Waals surface area contributed by atoms with Crippen LogP contribution >= 0.6 is 11.6 Å². The molecule has 2 aromatic rings. The molecule has 0 saturated heterocycles. The molecule has 8 heteroatoms.